The minimum absolute atomic E-state index is 0.234. The summed E-state index contributed by atoms with van der Waals surface area (Å²) in [6.07, 6.45) is 2.82. The molecule has 0 aromatic carbocycles. The van der Waals surface area contributed by atoms with Crippen molar-refractivity contribution < 1.29 is 5.11 Å². The van der Waals surface area contributed by atoms with Gasteiger partial charge in [0.05, 0.1) is 10.6 Å². The first-order valence-electron chi connectivity index (χ1n) is 6.28. The molecule has 0 amide bonds. The van der Waals surface area contributed by atoms with Gasteiger partial charge in [0.1, 0.15) is 5.82 Å². The molecule has 0 radical (unpaired) electrons. The molecule has 2 heterocycles. The van der Waals surface area contributed by atoms with E-state index in [0.717, 1.165) is 48.0 Å². The molecule has 2 N–H and O–H groups in total. The van der Waals surface area contributed by atoms with E-state index in [1.165, 1.54) is 0 Å². The number of rotatable bonds is 6. The van der Waals surface area contributed by atoms with Crippen molar-refractivity contribution in [1.29, 1.82) is 0 Å². The lowest BCUT2D eigenvalue weighted by Crippen LogP contribution is -2.16. The maximum atomic E-state index is 8.99. The van der Waals surface area contributed by atoms with Gasteiger partial charge in [-0.1, -0.05) is 13.3 Å². The van der Waals surface area contributed by atoms with Gasteiger partial charge < -0.3 is 10.4 Å². The summed E-state index contributed by atoms with van der Waals surface area (Å²) < 4.78 is 0. The molecule has 0 saturated carbocycles. The zero-order valence-electron chi connectivity index (χ0n) is 10.4. The molecule has 0 bridgehead atoms. The van der Waals surface area contributed by atoms with Crippen molar-refractivity contribution >= 4 is 29.2 Å². The van der Waals surface area contributed by atoms with E-state index in [-0.39, 0.29) is 6.61 Å². The van der Waals surface area contributed by atoms with Gasteiger partial charge in [-0.05, 0) is 23.9 Å². The normalized spacial score (nSPS) is 15.5. The number of anilines is 1. The van der Waals surface area contributed by atoms with Gasteiger partial charge in [0.15, 0.2) is 0 Å². The van der Waals surface area contributed by atoms with Crippen LogP contribution in [0.3, 0.4) is 0 Å². The van der Waals surface area contributed by atoms with Crippen molar-refractivity contribution in [3.05, 3.63) is 11.0 Å². The molecular formula is C12H18ClN3OS. The first-order chi connectivity index (χ1) is 8.74. The number of thioether (sulfide) groups is 1. The van der Waals surface area contributed by atoms with Crippen molar-refractivity contribution in [2.75, 3.05) is 24.2 Å². The summed E-state index contributed by atoms with van der Waals surface area (Å²) in [6, 6.07) is 0. The summed E-state index contributed by atoms with van der Waals surface area (Å²) in [5.41, 5.74) is 1.05. The Labute approximate surface area is 117 Å². The zero-order valence-corrected chi connectivity index (χ0v) is 12.0. The number of aliphatic hydroxyl groups is 1. The number of aryl methyl sites for hydroxylation is 1. The lowest BCUT2D eigenvalue weighted by atomic mass is 10.0. The fraction of sp³-hybridized carbons (Fsp3) is 0.667. The van der Waals surface area contributed by atoms with Gasteiger partial charge in [-0.25, -0.2) is 4.98 Å². The molecule has 1 aliphatic rings. The van der Waals surface area contributed by atoms with E-state index in [1.807, 2.05) is 0 Å². The SMILES string of the molecule is CCC(CCO)CNc1nc(Cl)nc2c1SCC2. The van der Waals surface area contributed by atoms with Gasteiger partial charge in [0.2, 0.25) is 5.28 Å². The largest absolute Gasteiger partial charge is 0.396 e. The quantitative estimate of drug-likeness (QED) is 0.788. The highest BCUT2D eigenvalue weighted by atomic mass is 35.5. The van der Waals surface area contributed by atoms with Crippen LogP contribution in [0.1, 0.15) is 25.5 Å². The average molecular weight is 288 g/mol. The van der Waals surface area contributed by atoms with Crippen LogP contribution in [0.25, 0.3) is 0 Å². The molecule has 6 heteroatoms. The summed E-state index contributed by atoms with van der Waals surface area (Å²) in [5.74, 6) is 2.36. The molecule has 4 nitrogen and oxygen atoms in total. The number of fused-ring (bicyclic) bond motifs is 1. The number of aliphatic hydroxyl groups excluding tert-OH is 1. The average Bonchev–Trinajstić information content (AvgIpc) is 2.82. The third kappa shape index (κ3) is 3.28. The molecular weight excluding hydrogens is 270 g/mol. The van der Waals surface area contributed by atoms with Gasteiger partial charge >= 0.3 is 0 Å². The fourth-order valence-corrected chi connectivity index (χ4v) is 3.29. The fourth-order valence-electron chi connectivity index (χ4n) is 2.03. The highest BCUT2D eigenvalue weighted by Crippen LogP contribution is 2.36. The Morgan fingerprint density at radius 1 is 1.50 bits per heavy atom. The molecule has 18 heavy (non-hydrogen) atoms. The Balaban J connectivity index is 2.05. The second kappa shape index (κ2) is 6.59. The topological polar surface area (TPSA) is 58.0 Å². The van der Waals surface area contributed by atoms with E-state index in [9.17, 15) is 0 Å². The van der Waals surface area contributed by atoms with Crippen LogP contribution in [-0.2, 0) is 6.42 Å². The number of nitrogens with one attached hydrogen (secondary N) is 1. The smallest absolute Gasteiger partial charge is 0.224 e. The molecule has 1 aromatic rings. The number of hydrogen-bond donors (Lipinski definition) is 2. The van der Waals surface area contributed by atoms with E-state index in [4.69, 9.17) is 16.7 Å². The highest BCUT2D eigenvalue weighted by Gasteiger charge is 2.20. The first-order valence-corrected chi connectivity index (χ1v) is 7.64. The molecule has 2 rings (SSSR count). The van der Waals surface area contributed by atoms with Crippen LogP contribution in [0.4, 0.5) is 5.82 Å². The van der Waals surface area contributed by atoms with Crippen molar-refractivity contribution in [3.63, 3.8) is 0 Å². The molecule has 0 fully saturated rings. The third-order valence-corrected chi connectivity index (χ3v) is 4.46. The predicted octanol–water partition coefficient (Wildman–Crippen LogP) is 2.60. The van der Waals surface area contributed by atoms with Crippen LogP contribution in [0.15, 0.2) is 4.90 Å². The van der Waals surface area contributed by atoms with Gasteiger partial charge in [0.25, 0.3) is 0 Å². The van der Waals surface area contributed by atoms with Crippen LogP contribution in [-0.4, -0.2) is 34.0 Å². The molecule has 0 spiro atoms. The minimum Gasteiger partial charge on any atom is -0.396 e. The highest BCUT2D eigenvalue weighted by molar-refractivity contribution is 7.99. The summed E-state index contributed by atoms with van der Waals surface area (Å²) in [6.45, 7) is 3.18. The van der Waals surface area contributed by atoms with E-state index >= 15 is 0 Å². The Morgan fingerprint density at radius 2 is 2.33 bits per heavy atom. The standard InChI is InChI=1S/C12H18ClN3OS/c1-2-8(3-5-17)7-14-11-10-9(4-6-18-10)15-12(13)16-11/h8,17H,2-7H2,1H3,(H,14,15,16). The van der Waals surface area contributed by atoms with E-state index < -0.39 is 0 Å². The lowest BCUT2D eigenvalue weighted by Gasteiger charge is -2.16. The van der Waals surface area contributed by atoms with Crippen LogP contribution in [0.5, 0.6) is 0 Å². The molecule has 100 valence electrons. The molecule has 1 unspecified atom stereocenters. The zero-order chi connectivity index (χ0) is 13.0. The number of halogens is 1. The Morgan fingerprint density at radius 3 is 3.06 bits per heavy atom. The molecule has 0 aliphatic carbocycles. The van der Waals surface area contributed by atoms with Crippen LogP contribution < -0.4 is 5.32 Å². The Bertz CT molecular complexity index is 417. The number of nitrogens with zero attached hydrogens (tertiary/aromatic N) is 2. The van der Waals surface area contributed by atoms with Gasteiger partial charge in [0, 0.05) is 25.3 Å². The van der Waals surface area contributed by atoms with Crippen molar-refractivity contribution in [1.82, 2.24) is 9.97 Å². The Hall–Kier alpha value is -0.520. The molecule has 1 aliphatic heterocycles. The van der Waals surface area contributed by atoms with Crippen molar-refractivity contribution in [3.8, 4) is 0 Å². The van der Waals surface area contributed by atoms with Crippen LogP contribution >= 0.6 is 23.4 Å². The minimum atomic E-state index is 0.234. The van der Waals surface area contributed by atoms with E-state index in [1.54, 1.807) is 11.8 Å². The lowest BCUT2D eigenvalue weighted by molar-refractivity contribution is 0.258. The summed E-state index contributed by atoms with van der Waals surface area (Å²) in [5, 5.41) is 12.7. The van der Waals surface area contributed by atoms with Crippen LogP contribution in [0.2, 0.25) is 5.28 Å². The van der Waals surface area contributed by atoms with Gasteiger partial charge in [-0.15, -0.1) is 11.8 Å². The van der Waals surface area contributed by atoms with E-state index in [0.29, 0.717) is 11.2 Å². The van der Waals surface area contributed by atoms with Crippen LogP contribution in [0, 0.1) is 5.92 Å². The maximum absolute atomic E-state index is 8.99. The molecule has 0 saturated heterocycles. The molecule has 1 atom stereocenters. The predicted molar refractivity (Wildman–Crippen MR) is 75.4 cm³/mol. The summed E-state index contributed by atoms with van der Waals surface area (Å²) >= 11 is 7.71. The second-order valence-corrected chi connectivity index (χ2v) is 5.83. The van der Waals surface area contributed by atoms with Crippen molar-refractivity contribution in [2.24, 2.45) is 5.92 Å². The molecule has 1 aromatic heterocycles. The van der Waals surface area contributed by atoms with Gasteiger partial charge in [-0.3, -0.25) is 0 Å². The number of aromatic nitrogens is 2. The second-order valence-electron chi connectivity index (χ2n) is 4.38. The van der Waals surface area contributed by atoms with Crippen molar-refractivity contribution in [2.45, 2.75) is 31.1 Å². The monoisotopic (exact) mass is 287 g/mol. The summed E-state index contributed by atoms with van der Waals surface area (Å²) in [4.78, 5) is 9.66. The first kappa shape index (κ1) is 13.9. The maximum Gasteiger partial charge on any atom is 0.224 e. The summed E-state index contributed by atoms with van der Waals surface area (Å²) in [7, 11) is 0. The van der Waals surface area contributed by atoms with E-state index in [2.05, 4.69) is 22.2 Å². The number of hydrogen-bond acceptors (Lipinski definition) is 5. The third-order valence-electron chi connectivity index (χ3n) is 3.17. The Kier molecular flexibility index (Phi) is 5.09. The van der Waals surface area contributed by atoms with Gasteiger partial charge in [-0.2, -0.15) is 4.98 Å².